The van der Waals surface area contributed by atoms with Gasteiger partial charge in [0.15, 0.2) is 0 Å². The van der Waals surface area contributed by atoms with Gasteiger partial charge in [-0.2, -0.15) is 0 Å². The van der Waals surface area contributed by atoms with Crippen molar-refractivity contribution in [1.29, 1.82) is 0 Å². The molecule has 0 bridgehead atoms. The van der Waals surface area contributed by atoms with Crippen LogP contribution in [0.3, 0.4) is 0 Å². The molecule has 212 valence electrons. The van der Waals surface area contributed by atoms with Crippen LogP contribution in [0.4, 0.5) is 17.1 Å². The number of pyridine rings is 1. The van der Waals surface area contributed by atoms with E-state index in [0.29, 0.717) is 5.71 Å². The summed E-state index contributed by atoms with van der Waals surface area (Å²) in [6, 6.07) is 53.9. The fourth-order valence-electron chi connectivity index (χ4n) is 6.46. The van der Waals surface area contributed by atoms with E-state index in [2.05, 4.69) is 149 Å². The molecule has 9 rings (SSSR count). The minimum Gasteiger partial charge on any atom is -0.438 e. The van der Waals surface area contributed by atoms with Crippen LogP contribution >= 0.6 is 11.3 Å². The normalized spacial score (nSPS) is 11.6. The smallest absolute Gasteiger partial charge is 0.227 e. The van der Waals surface area contributed by atoms with Crippen LogP contribution in [0.1, 0.15) is 0 Å². The maximum absolute atomic E-state index is 6.08. The summed E-state index contributed by atoms with van der Waals surface area (Å²) in [7, 11) is 0. The molecule has 0 radical (unpaired) electrons. The van der Waals surface area contributed by atoms with Crippen molar-refractivity contribution in [2.75, 3.05) is 4.90 Å². The third-order valence-electron chi connectivity index (χ3n) is 8.57. The monoisotopic (exact) mass is 594 g/mol. The maximum atomic E-state index is 6.08. The molecule has 0 unspecified atom stereocenters. The zero-order chi connectivity index (χ0) is 29.7. The molecule has 0 aliphatic carbocycles. The molecule has 0 saturated carbocycles. The van der Waals surface area contributed by atoms with Gasteiger partial charge in [-0.1, -0.05) is 97.1 Å². The van der Waals surface area contributed by atoms with Gasteiger partial charge in [0, 0.05) is 43.8 Å². The highest BCUT2D eigenvalue weighted by atomic mass is 32.1. The van der Waals surface area contributed by atoms with Gasteiger partial charge >= 0.3 is 0 Å². The van der Waals surface area contributed by atoms with Crippen LogP contribution in [0, 0.1) is 0 Å². The molecule has 45 heavy (non-hydrogen) atoms. The second-order valence-corrected chi connectivity index (χ2v) is 12.2. The van der Waals surface area contributed by atoms with Gasteiger partial charge in [-0.05, 0) is 76.9 Å². The Balaban J connectivity index is 1.20. The van der Waals surface area contributed by atoms with E-state index in [9.17, 15) is 0 Å². The molecule has 3 nitrogen and oxygen atoms in total. The molecule has 0 amide bonds. The highest BCUT2D eigenvalue weighted by Crippen LogP contribution is 2.45. The fourth-order valence-corrected chi connectivity index (χ4v) is 7.67. The molecule has 9 aromatic rings. The van der Waals surface area contributed by atoms with Gasteiger partial charge in [0.2, 0.25) is 5.71 Å². The first kappa shape index (κ1) is 25.8. The molecule has 0 aliphatic rings. The van der Waals surface area contributed by atoms with Crippen molar-refractivity contribution in [3.05, 3.63) is 158 Å². The Kier molecular flexibility index (Phi) is 6.00. The van der Waals surface area contributed by atoms with E-state index in [1.807, 2.05) is 23.5 Å². The Morgan fingerprint density at radius 2 is 1.18 bits per heavy atom. The van der Waals surface area contributed by atoms with E-state index < -0.39 is 0 Å². The lowest BCUT2D eigenvalue weighted by molar-refractivity contribution is 0.654. The van der Waals surface area contributed by atoms with Crippen molar-refractivity contribution in [1.82, 2.24) is 4.98 Å². The molecule has 0 saturated heterocycles. The van der Waals surface area contributed by atoms with Crippen LogP contribution in [0.15, 0.2) is 162 Å². The van der Waals surface area contributed by atoms with Crippen LogP contribution in [-0.2, 0) is 0 Å². The molecule has 3 heterocycles. The summed E-state index contributed by atoms with van der Waals surface area (Å²) >= 11 is 1.85. The third-order valence-corrected chi connectivity index (χ3v) is 9.78. The van der Waals surface area contributed by atoms with E-state index in [4.69, 9.17) is 4.42 Å². The lowest BCUT2D eigenvalue weighted by atomic mass is 9.99. The molecular weight excluding hydrogens is 569 g/mol. The molecule has 0 fully saturated rings. The van der Waals surface area contributed by atoms with Crippen LogP contribution in [0.2, 0.25) is 0 Å². The van der Waals surface area contributed by atoms with Gasteiger partial charge in [0.1, 0.15) is 5.58 Å². The van der Waals surface area contributed by atoms with Gasteiger partial charge in [0.05, 0.1) is 10.4 Å². The summed E-state index contributed by atoms with van der Waals surface area (Å²) in [5, 5.41) is 4.70. The number of hydrogen-bond acceptors (Lipinski definition) is 4. The standard InChI is InChI=1S/C41H26N2OS/c1-2-9-27(10-3-1)28-18-22-30(23-19-28)43(36-15-6-13-34-33-11-4-5-17-38(33)45-40(34)36)31-24-20-29(21-25-31)32-12-7-16-37-39(32)35-14-8-26-42-41(35)44-37/h1-26H. The molecule has 0 N–H and O–H groups in total. The van der Waals surface area contributed by atoms with Crippen LogP contribution in [0.5, 0.6) is 0 Å². The van der Waals surface area contributed by atoms with Crippen LogP contribution < -0.4 is 4.90 Å². The summed E-state index contributed by atoms with van der Waals surface area (Å²) in [6.45, 7) is 0. The number of anilines is 3. The van der Waals surface area contributed by atoms with Crippen molar-refractivity contribution in [3.8, 4) is 22.3 Å². The maximum Gasteiger partial charge on any atom is 0.227 e. The average molecular weight is 595 g/mol. The minimum absolute atomic E-state index is 0.665. The second-order valence-electron chi connectivity index (χ2n) is 11.2. The Morgan fingerprint density at radius 3 is 2.00 bits per heavy atom. The van der Waals surface area contributed by atoms with E-state index in [1.165, 1.54) is 37.0 Å². The fraction of sp³-hybridized carbons (Fsp3) is 0. The van der Waals surface area contributed by atoms with Crippen molar-refractivity contribution in [2.24, 2.45) is 0 Å². The summed E-state index contributed by atoms with van der Waals surface area (Å²) in [5.41, 5.74) is 9.57. The number of rotatable bonds is 5. The molecule has 3 aromatic heterocycles. The van der Waals surface area contributed by atoms with Gasteiger partial charge in [0.25, 0.3) is 0 Å². The molecule has 0 spiro atoms. The molecular formula is C41H26N2OS. The number of fused-ring (bicyclic) bond motifs is 6. The SMILES string of the molecule is c1ccc(-c2ccc(N(c3ccc(-c4cccc5oc6ncccc6c45)cc3)c3cccc4c3sc3ccccc34)cc2)cc1. The van der Waals surface area contributed by atoms with E-state index in [-0.39, 0.29) is 0 Å². The Bertz CT molecular complexity index is 2480. The predicted octanol–water partition coefficient (Wildman–Crippen LogP) is 12.2. The highest BCUT2D eigenvalue weighted by Gasteiger charge is 2.19. The number of hydrogen-bond donors (Lipinski definition) is 0. The Morgan fingerprint density at radius 1 is 0.511 bits per heavy atom. The van der Waals surface area contributed by atoms with Crippen molar-refractivity contribution in [3.63, 3.8) is 0 Å². The zero-order valence-corrected chi connectivity index (χ0v) is 25.0. The summed E-state index contributed by atoms with van der Waals surface area (Å²) in [6.07, 6.45) is 1.78. The zero-order valence-electron chi connectivity index (χ0n) is 24.2. The number of thiophene rings is 1. The van der Waals surface area contributed by atoms with Crippen LogP contribution in [-0.4, -0.2) is 4.98 Å². The minimum atomic E-state index is 0.665. The second kappa shape index (κ2) is 10.5. The van der Waals surface area contributed by atoms with Gasteiger partial charge < -0.3 is 9.32 Å². The molecule has 0 atom stereocenters. The average Bonchev–Trinajstić information content (AvgIpc) is 3.69. The highest BCUT2D eigenvalue weighted by molar-refractivity contribution is 7.26. The van der Waals surface area contributed by atoms with E-state index in [1.54, 1.807) is 6.20 Å². The van der Waals surface area contributed by atoms with Gasteiger partial charge in [-0.15, -0.1) is 11.3 Å². The number of benzene rings is 6. The first-order chi connectivity index (χ1) is 22.3. The van der Waals surface area contributed by atoms with E-state index >= 15 is 0 Å². The Hall–Kier alpha value is -5.71. The van der Waals surface area contributed by atoms with Crippen molar-refractivity contribution >= 4 is 70.6 Å². The van der Waals surface area contributed by atoms with Crippen molar-refractivity contribution < 1.29 is 4.42 Å². The van der Waals surface area contributed by atoms with Gasteiger partial charge in [-0.3, -0.25) is 0 Å². The largest absolute Gasteiger partial charge is 0.438 e. The summed E-state index contributed by atoms with van der Waals surface area (Å²) in [5.74, 6) is 0. The summed E-state index contributed by atoms with van der Waals surface area (Å²) in [4.78, 5) is 6.83. The molecule has 6 aromatic carbocycles. The predicted molar refractivity (Wildman–Crippen MR) is 190 cm³/mol. The lowest BCUT2D eigenvalue weighted by Gasteiger charge is -2.26. The summed E-state index contributed by atoms with van der Waals surface area (Å²) < 4.78 is 8.65. The first-order valence-electron chi connectivity index (χ1n) is 15.0. The number of nitrogens with zero attached hydrogens (tertiary/aromatic N) is 2. The number of furan rings is 1. The van der Waals surface area contributed by atoms with Gasteiger partial charge in [-0.25, -0.2) is 4.98 Å². The Labute approximate surface area is 264 Å². The van der Waals surface area contributed by atoms with Crippen molar-refractivity contribution in [2.45, 2.75) is 0 Å². The third kappa shape index (κ3) is 4.30. The topological polar surface area (TPSA) is 29.3 Å². The van der Waals surface area contributed by atoms with E-state index in [0.717, 1.165) is 38.9 Å². The lowest BCUT2D eigenvalue weighted by Crippen LogP contribution is -2.10. The molecule has 0 aliphatic heterocycles. The number of aromatic nitrogens is 1. The quantitative estimate of drug-likeness (QED) is 0.198. The first-order valence-corrected chi connectivity index (χ1v) is 15.9. The van der Waals surface area contributed by atoms with Crippen LogP contribution in [0.25, 0.3) is 64.5 Å². The molecule has 4 heteroatoms.